The highest BCUT2D eigenvalue weighted by molar-refractivity contribution is 5.88. The Morgan fingerprint density at radius 1 is 1.00 bits per heavy atom. The number of nitrogens with zero attached hydrogens (tertiary/aromatic N) is 1. The second kappa shape index (κ2) is 10.2. The highest BCUT2D eigenvalue weighted by Gasteiger charge is 2.29. The van der Waals surface area contributed by atoms with Crippen molar-refractivity contribution in [1.82, 2.24) is 10.2 Å². The number of hydrogen-bond acceptors (Lipinski definition) is 2. The number of rotatable bonds is 8. The van der Waals surface area contributed by atoms with E-state index in [1.54, 1.807) is 4.90 Å². The maximum atomic E-state index is 13.4. The highest BCUT2D eigenvalue weighted by atomic mass is 16.2. The molecule has 2 aromatic rings. The minimum atomic E-state index is -0.490. The van der Waals surface area contributed by atoms with Crippen molar-refractivity contribution in [3.63, 3.8) is 0 Å². The van der Waals surface area contributed by atoms with Gasteiger partial charge in [-0.15, -0.1) is 0 Å². The monoisotopic (exact) mass is 394 g/mol. The summed E-state index contributed by atoms with van der Waals surface area (Å²) in [5.74, 6) is -0.115. The van der Waals surface area contributed by atoms with Crippen LogP contribution < -0.4 is 5.32 Å². The quantitative estimate of drug-likeness (QED) is 0.717. The topological polar surface area (TPSA) is 49.4 Å². The van der Waals surface area contributed by atoms with Crippen molar-refractivity contribution in [3.05, 3.63) is 70.3 Å². The molecule has 0 heterocycles. The fourth-order valence-corrected chi connectivity index (χ4v) is 3.56. The second-order valence-electron chi connectivity index (χ2n) is 8.20. The SMILES string of the molecule is CCC(C(=O)NC(C)C)N(Cc1cccc(C)c1)C(=O)Cc1cc(C)ccc1C. The first kappa shape index (κ1) is 22.7. The lowest BCUT2D eigenvalue weighted by Gasteiger charge is -2.31. The van der Waals surface area contributed by atoms with Crippen molar-refractivity contribution >= 4 is 11.8 Å². The van der Waals surface area contributed by atoms with Crippen LogP contribution in [0.2, 0.25) is 0 Å². The van der Waals surface area contributed by atoms with Gasteiger partial charge in [0.2, 0.25) is 11.8 Å². The van der Waals surface area contributed by atoms with Crippen molar-refractivity contribution < 1.29 is 9.59 Å². The minimum Gasteiger partial charge on any atom is -0.352 e. The summed E-state index contributed by atoms with van der Waals surface area (Å²) >= 11 is 0. The van der Waals surface area contributed by atoms with E-state index in [0.29, 0.717) is 19.4 Å². The van der Waals surface area contributed by atoms with E-state index in [2.05, 4.69) is 23.5 Å². The van der Waals surface area contributed by atoms with Gasteiger partial charge in [0.15, 0.2) is 0 Å². The number of nitrogens with one attached hydrogen (secondary N) is 1. The number of benzene rings is 2. The van der Waals surface area contributed by atoms with Crippen molar-refractivity contribution in [1.29, 1.82) is 0 Å². The summed E-state index contributed by atoms with van der Waals surface area (Å²) in [5, 5.41) is 2.98. The molecule has 0 saturated carbocycles. The van der Waals surface area contributed by atoms with Crippen LogP contribution in [0.3, 0.4) is 0 Å². The third-order valence-corrected chi connectivity index (χ3v) is 5.10. The summed E-state index contributed by atoms with van der Waals surface area (Å²) in [6.45, 7) is 12.3. The Morgan fingerprint density at radius 3 is 2.31 bits per heavy atom. The van der Waals surface area contributed by atoms with E-state index in [1.165, 1.54) is 0 Å². The predicted molar refractivity (Wildman–Crippen MR) is 119 cm³/mol. The van der Waals surface area contributed by atoms with Gasteiger partial charge in [-0.3, -0.25) is 9.59 Å². The molecule has 4 nitrogen and oxygen atoms in total. The zero-order chi connectivity index (χ0) is 21.6. The molecule has 2 amide bonds. The molecule has 0 bridgehead atoms. The largest absolute Gasteiger partial charge is 0.352 e. The second-order valence-corrected chi connectivity index (χ2v) is 8.20. The fraction of sp³-hybridized carbons (Fsp3) is 0.440. The van der Waals surface area contributed by atoms with Gasteiger partial charge in [-0.1, -0.05) is 60.5 Å². The number of hydrogen-bond donors (Lipinski definition) is 1. The average Bonchev–Trinajstić information content (AvgIpc) is 2.64. The van der Waals surface area contributed by atoms with Gasteiger partial charge >= 0.3 is 0 Å². The average molecular weight is 395 g/mol. The predicted octanol–water partition coefficient (Wildman–Crippen LogP) is 4.49. The van der Waals surface area contributed by atoms with Crippen LogP contribution in [0.5, 0.6) is 0 Å². The van der Waals surface area contributed by atoms with Gasteiger partial charge in [0.1, 0.15) is 6.04 Å². The summed E-state index contributed by atoms with van der Waals surface area (Å²) in [5.41, 5.74) is 5.43. The Hall–Kier alpha value is -2.62. The van der Waals surface area contributed by atoms with Crippen molar-refractivity contribution in [2.75, 3.05) is 0 Å². The van der Waals surface area contributed by atoms with Crippen LogP contribution in [0.1, 0.15) is 55.0 Å². The molecule has 1 atom stereocenters. The molecule has 29 heavy (non-hydrogen) atoms. The van der Waals surface area contributed by atoms with Crippen LogP contribution in [0, 0.1) is 20.8 Å². The molecular weight excluding hydrogens is 360 g/mol. The Kier molecular flexibility index (Phi) is 8.00. The van der Waals surface area contributed by atoms with E-state index in [0.717, 1.165) is 27.8 Å². The normalized spacial score (nSPS) is 12.0. The molecule has 0 spiro atoms. The van der Waals surface area contributed by atoms with Crippen molar-refractivity contribution in [2.45, 2.75) is 73.0 Å². The summed E-state index contributed by atoms with van der Waals surface area (Å²) in [6.07, 6.45) is 0.869. The summed E-state index contributed by atoms with van der Waals surface area (Å²) < 4.78 is 0. The van der Waals surface area contributed by atoms with E-state index < -0.39 is 6.04 Å². The van der Waals surface area contributed by atoms with Crippen LogP contribution in [-0.2, 0) is 22.6 Å². The highest BCUT2D eigenvalue weighted by Crippen LogP contribution is 2.18. The van der Waals surface area contributed by atoms with E-state index in [1.807, 2.05) is 65.8 Å². The first-order valence-corrected chi connectivity index (χ1v) is 10.4. The standard InChI is InChI=1S/C25H34N2O2/c1-7-23(25(29)26-17(2)3)27(16-21-10-8-9-18(4)13-21)24(28)15-22-14-19(5)11-12-20(22)6/h8-14,17,23H,7,15-16H2,1-6H3,(H,26,29). The van der Waals surface area contributed by atoms with Gasteiger partial charge in [-0.2, -0.15) is 0 Å². The van der Waals surface area contributed by atoms with Crippen molar-refractivity contribution in [3.8, 4) is 0 Å². The number of aryl methyl sites for hydroxylation is 3. The van der Waals surface area contributed by atoms with Crippen LogP contribution in [-0.4, -0.2) is 28.8 Å². The fourth-order valence-electron chi connectivity index (χ4n) is 3.56. The first-order chi connectivity index (χ1) is 13.7. The van der Waals surface area contributed by atoms with Crippen molar-refractivity contribution in [2.24, 2.45) is 0 Å². The van der Waals surface area contributed by atoms with Gasteiger partial charge in [0.25, 0.3) is 0 Å². The minimum absolute atomic E-state index is 0.0223. The van der Waals surface area contributed by atoms with Crippen LogP contribution >= 0.6 is 0 Å². The molecule has 1 N–H and O–H groups in total. The summed E-state index contributed by atoms with van der Waals surface area (Å²) in [4.78, 5) is 28.0. The van der Waals surface area contributed by atoms with Gasteiger partial charge in [0, 0.05) is 12.6 Å². The lowest BCUT2D eigenvalue weighted by molar-refractivity contribution is -0.141. The summed E-state index contributed by atoms with van der Waals surface area (Å²) in [7, 11) is 0. The molecule has 4 heteroatoms. The van der Waals surface area contributed by atoms with Gasteiger partial charge < -0.3 is 10.2 Å². The van der Waals surface area contributed by atoms with Crippen LogP contribution in [0.25, 0.3) is 0 Å². The Morgan fingerprint density at radius 2 is 1.69 bits per heavy atom. The lowest BCUT2D eigenvalue weighted by atomic mass is 10.0. The molecule has 156 valence electrons. The number of amides is 2. The maximum absolute atomic E-state index is 13.4. The van der Waals surface area contributed by atoms with Crippen LogP contribution in [0.4, 0.5) is 0 Å². The first-order valence-electron chi connectivity index (χ1n) is 10.4. The zero-order valence-corrected chi connectivity index (χ0v) is 18.6. The maximum Gasteiger partial charge on any atom is 0.243 e. The van der Waals surface area contributed by atoms with E-state index in [4.69, 9.17) is 0 Å². The number of carbonyl (C=O) groups is 2. The third-order valence-electron chi connectivity index (χ3n) is 5.10. The number of carbonyl (C=O) groups excluding carboxylic acids is 2. The molecule has 0 aliphatic carbocycles. The Labute approximate surface area is 175 Å². The molecule has 1 unspecified atom stereocenters. The zero-order valence-electron chi connectivity index (χ0n) is 18.6. The molecule has 0 aromatic heterocycles. The molecule has 0 saturated heterocycles. The van der Waals surface area contributed by atoms with E-state index in [-0.39, 0.29) is 17.9 Å². The third kappa shape index (κ3) is 6.45. The molecule has 0 aliphatic heterocycles. The molecule has 2 rings (SSSR count). The molecule has 0 aliphatic rings. The lowest BCUT2D eigenvalue weighted by Crippen LogP contribution is -2.50. The van der Waals surface area contributed by atoms with Gasteiger partial charge in [-0.25, -0.2) is 0 Å². The Balaban J connectivity index is 2.34. The molecule has 0 fully saturated rings. The summed E-state index contributed by atoms with van der Waals surface area (Å²) in [6, 6.07) is 13.8. The van der Waals surface area contributed by atoms with E-state index in [9.17, 15) is 9.59 Å². The smallest absolute Gasteiger partial charge is 0.243 e. The van der Waals surface area contributed by atoms with Gasteiger partial charge in [0.05, 0.1) is 6.42 Å². The van der Waals surface area contributed by atoms with E-state index >= 15 is 0 Å². The Bertz CT molecular complexity index is 858. The van der Waals surface area contributed by atoms with Crippen LogP contribution in [0.15, 0.2) is 42.5 Å². The molecule has 0 radical (unpaired) electrons. The molecule has 2 aromatic carbocycles. The molecular formula is C25H34N2O2. The van der Waals surface area contributed by atoms with Gasteiger partial charge in [-0.05, 0) is 57.7 Å².